The molecule has 0 heterocycles. The van der Waals surface area contributed by atoms with E-state index in [2.05, 4.69) is 0 Å². The Morgan fingerprint density at radius 2 is 2.00 bits per heavy atom. The van der Waals surface area contributed by atoms with Crippen molar-refractivity contribution in [2.24, 2.45) is 0 Å². The minimum Gasteiger partial charge on any atom is -0.258 e. The van der Waals surface area contributed by atoms with Crippen molar-refractivity contribution < 1.29 is 18.1 Å². The highest BCUT2D eigenvalue weighted by Crippen LogP contribution is 2.32. The van der Waals surface area contributed by atoms with Gasteiger partial charge in [-0.3, -0.25) is 10.1 Å². The van der Waals surface area contributed by atoms with Crippen LogP contribution in [-0.4, -0.2) is 4.92 Å². The molecule has 0 bridgehead atoms. The van der Waals surface area contributed by atoms with Crippen LogP contribution in [0.1, 0.15) is 17.5 Å². The number of alkyl halides is 3. The maximum atomic E-state index is 12.4. The molecule has 7 heteroatoms. The standard InChI is InChI=1S/C10H7F3N2O2/c11-10(12,13)8-4-7(2-1-3-14)5-9(6-8)15(16)17/h4-6H,1-2H2. The van der Waals surface area contributed by atoms with Crippen LogP contribution in [0.25, 0.3) is 0 Å². The molecule has 0 unspecified atom stereocenters. The lowest BCUT2D eigenvalue weighted by molar-refractivity contribution is -0.385. The van der Waals surface area contributed by atoms with Gasteiger partial charge in [0, 0.05) is 18.6 Å². The highest BCUT2D eigenvalue weighted by atomic mass is 19.4. The normalized spacial score (nSPS) is 10.9. The third-order valence-corrected chi connectivity index (χ3v) is 2.04. The van der Waals surface area contributed by atoms with Gasteiger partial charge in [-0.1, -0.05) is 0 Å². The number of nitro benzene ring substituents is 1. The quantitative estimate of drug-likeness (QED) is 0.606. The summed E-state index contributed by atoms with van der Waals surface area (Å²) >= 11 is 0. The molecule has 0 fully saturated rings. The Hall–Kier alpha value is -2.10. The lowest BCUT2D eigenvalue weighted by atomic mass is 10.1. The Bertz CT molecular complexity index is 477. The van der Waals surface area contributed by atoms with Gasteiger partial charge in [0.05, 0.1) is 16.6 Å². The van der Waals surface area contributed by atoms with E-state index in [0.717, 1.165) is 12.1 Å². The molecule has 0 N–H and O–H groups in total. The Kier molecular flexibility index (Phi) is 3.68. The van der Waals surface area contributed by atoms with Gasteiger partial charge in [0.2, 0.25) is 0 Å². The van der Waals surface area contributed by atoms with Crippen molar-refractivity contribution in [1.82, 2.24) is 0 Å². The molecule has 0 aliphatic heterocycles. The van der Waals surface area contributed by atoms with E-state index in [1.807, 2.05) is 0 Å². The molecule has 0 aromatic heterocycles. The molecule has 4 nitrogen and oxygen atoms in total. The number of rotatable bonds is 3. The van der Waals surface area contributed by atoms with Crippen LogP contribution in [0.15, 0.2) is 18.2 Å². The zero-order valence-electron chi connectivity index (χ0n) is 8.49. The van der Waals surface area contributed by atoms with Crippen LogP contribution >= 0.6 is 0 Å². The van der Waals surface area contributed by atoms with Gasteiger partial charge >= 0.3 is 6.18 Å². The lowest BCUT2D eigenvalue weighted by Crippen LogP contribution is -2.06. The fraction of sp³-hybridized carbons (Fsp3) is 0.300. The fourth-order valence-electron chi connectivity index (χ4n) is 1.29. The Balaban J connectivity index is 3.20. The minimum absolute atomic E-state index is 0.0124. The summed E-state index contributed by atoms with van der Waals surface area (Å²) in [6.07, 6.45) is -4.56. The first-order chi connectivity index (χ1) is 7.84. The van der Waals surface area contributed by atoms with Crippen LogP contribution < -0.4 is 0 Å². The summed E-state index contributed by atoms with van der Waals surface area (Å²) in [6, 6.07) is 4.13. The SMILES string of the molecule is N#CCCc1cc([N+](=O)[O-])cc(C(F)(F)F)c1. The molecule has 1 aromatic rings. The lowest BCUT2D eigenvalue weighted by Gasteiger charge is -2.08. The van der Waals surface area contributed by atoms with Gasteiger partial charge in [-0.05, 0) is 18.1 Å². The van der Waals surface area contributed by atoms with Crippen LogP contribution in [-0.2, 0) is 12.6 Å². The molecule has 17 heavy (non-hydrogen) atoms. The van der Waals surface area contributed by atoms with Gasteiger partial charge in [-0.15, -0.1) is 0 Å². The van der Waals surface area contributed by atoms with Crippen LogP contribution in [0.2, 0.25) is 0 Å². The van der Waals surface area contributed by atoms with E-state index in [9.17, 15) is 23.3 Å². The van der Waals surface area contributed by atoms with Crippen molar-refractivity contribution in [1.29, 1.82) is 5.26 Å². The average molecular weight is 244 g/mol. The number of nitrogens with zero attached hydrogens (tertiary/aromatic N) is 2. The molecule has 90 valence electrons. The van der Waals surface area contributed by atoms with Gasteiger partial charge in [-0.2, -0.15) is 18.4 Å². The summed E-state index contributed by atoms with van der Waals surface area (Å²) in [5, 5.41) is 18.8. The second-order valence-corrected chi connectivity index (χ2v) is 3.30. The van der Waals surface area contributed by atoms with E-state index in [-0.39, 0.29) is 18.4 Å². The second-order valence-electron chi connectivity index (χ2n) is 3.30. The van der Waals surface area contributed by atoms with Crippen LogP contribution in [0.4, 0.5) is 18.9 Å². The van der Waals surface area contributed by atoms with Gasteiger partial charge in [0.1, 0.15) is 0 Å². The molecule has 0 spiro atoms. The molecule has 0 saturated heterocycles. The monoisotopic (exact) mass is 244 g/mol. The van der Waals surface area contributed by atoms with Crippen molar-refractivity contribution >= 4 is 5.69 Å². The van der Waals surface area contributed by atoms with E-state index in [1.165, 1.54) is 0 Å². The van der Waals surface area contributed by atoms with Gasteiger partial charge in [-0.25, -0.2) is 0 Å². The second kappa shape index (κ2) is 4.82. The third-order valence-electron chi connectivity index (χ3n) is 2.04. The topological polar surface area (TPSA) is 66.9 Å². The van der Waals surface area contributed by atoms with Gasteiger partial charge in [0.15, 0.2) is 0 Å². The minimum atomic E-state index is -4.63. The summed E-state index contributed by atoms with van der Waals surface area (Å²) in [6.45, 7) is 0. The first-order valence-electron chi connectivity index (χ1n) is 4.57. The van der Waals surface area contributed by atoms with Crippen molar-refractivity contribution in [3.05, 3.63) is 39.4 Å². The summed E-state index contributed by atoms with van der Waals surface area (Å²) in [5.41, 5.74) is -1.56. The summed E-state index contributed by atoms with van der Waals surface area (Å²) in [7, 11) is 0. The molecular weight excluding hydrogens is 237 g/mol. The number of hydrogen-bond acceptors (Lipinski definition) is 3. The van der Waals surface area contributed by atoms with Crippen LogP contribution in [0.3, 0.4) is 0 Å². The predicted octanol–water partition coefficient (Wildman–Crippen LogP) is 3.07. The largest absolute Gasteiger partial charge is 0.416 e. The summed E-state index contributed by atoms with van der Waals surface area (Å²) in [5.74, 6) is 0. The number of nitro groups is 1. The zero-order chi connectivity index (χ0) is 13.1. The molecule has 0 amide bonds. The average Bonchev–Trinajstić information content (AvgIpc) is 2.24. The van der Waals surface area contributed by atoms with Crippen LogP contribution in [0, 0.1) is 21.4 Å². The Morgan fingerprint density at radius 1 is 1.35 bits per heavy atom. The number of aryl methyl sites for hydroxylation is 1. The van der Waals surface area contributed by atoms with E-state index in [4.69, 9.17) is 5.26 Å². The maximum Gasteiger partial charge on any atom is 0.416 e. The Labute approximate surface area is 94.4 Å². The van der Waals surface area contributed by atoms with E-state index < -0.39 is 22.4 Å². The van der Waals surface area contributed by atoms with Crippen LogP contribution in [0.5, 0.6) is 0 Å². The number of hydrogen-bond donors (Lipinski definition) is 0. The molecule has 1 aromatic carbocycles. The predicted molar refractivity (Wildman–Crippen MR) is 52.0 cm³/mol. The molecule has 0 aliphatic carbocycles. The fourth-order valence-corrected chi connectivity index (χ4v) is 1.29. The Morgan fingerprint density at radius 3 is 2.47 bits per heavy atom. The highest BCUT2D eigenvalue weighted by Gasteiger charge is 2.32. The summed E-state index contributed by atoms with van der Waals surface area (Å²) < 4.78 is 37.3. The molecular formula is C10H7F3N2O2. The third kappa shape index (κ3) is 3.45. The number of nitriles is 1. The van der Waals surface area contributed by atoms with Gasteiger partial charge in [0.25, 0.3) is 5.69 Å². The number of benzene rings is 1. The molecule has 0 aliphatic rings. The smallest absolute Gasteiger partial charge is 0.258 e. The molecule has 0 radical (unpaired) electrons. The van der Waals surface area contributed by atoms with Crippen molar-refractivity contribution in [3.8, 4) is 6.07 Å². The van der Waals surface area contributed by atoms with Crippen molar-refractivity contribution in [2.45, 2.75) is 19.0 Å². The van der Waals surface area contributed by atoms with Crippen molar-refractivity contribution in [3.63, 3.8) is 0 Å². The highest BCUT2D eigenvalue weighted by molar-refractivity contribution is 5.40. The first-order valence-corrected chi connectivity index (χ1v) is 4.57. The number of non-ortho nitro benzene ring substituents is 1. The maximum absolute atomic E-state index is 12.4. The number of halogens is 3. The van der Waals surface area contributed by atoms with Gasteiger partial charge < -0.3 is 0 Å². The van der Waals surface area contributed by atoms with E-state index in [0.29, 0.717) is 6.07 Å². The molecule has 1 rings (SSSR count). The first kappa shape index (κ1) is 13.0. The summed E-state index contributed by atoms with van der Waals surface area (Å²) in [4.78, 5) is 9.60. The van der Waals surface area contributed by atoms with E-state index >= 15 is 0 Å². The molecule has 0 saturated carbocycles. The van der Waals surface area contributed by atoms with Crippen molar-refractivity contribution in [2.75, 3.05) is 0 Å². The zero-order valence-corrected chi connectivity index (χ0v) is 8.49. The molecule has 0 atom stereocenters. The van der Waals surface area contributed by atoms with E-state index in [1.54, 1.807) is 6.07 Å².